The van der Waals surface area contributed by atoms with E-state index in [4.69, 9.17) is 19.2 Å². The fourth-order valence-electron chi connectivity index (χ4n) is 3.51. The first-order valence-electron chi connectivity index (χ1n) is 10.9. The Hall–Kier alpha value is -2.20. The van der Waals surface area contributed by atoms with Crippen LogP contribution in [0.1, 0.15) is 18.1 Å². The lowest BCUT2D eigenvalue weighted by atomic mass is 10.1. The van der Waals surface area contributed by atoms with E-state index in [0.717, 1.165) is 63.3 Å². The summed E-state index contributed by atoms with van der Waals surface area (Å²) in [7, 11) is 3.30. The molecular formula is C24H35IN4O3. The Morgan fingerprint density at radius 2 is 1.66 bits per heavy atom. The number of ether oxygens (including phenoxy) is 3. The lowest BCUT2D eigenvalue weighted by Gasteiger charge is -2.28. The van der Waals surface area contributed by atoms with E-state index in [9.17, 15) is 0 Å². The Labute approximate surface area is 208 Å². The highest BCUT2D eigenvalue weighted by Crippen LogP contribution is 2.27. The number of anilines is 1. The predicted octanol–water partition coefficient (Wildman–Crippen LogP) is 3.46. The Kier molecular flexibility index (Phi) is 11.4. The zero-order valence-electron chi connectivity index (χ0n) is 19.2. The number of halogens is 1. The molecule has 1 aliphatic heterocycles. The van der Waals surface area contributed by atoms with Crippen LogP contribution in [-0.2, 0) is 17.7 Å². The van der Waals surface area contributed by atoms with Crippen molar-refractivity contribution in [3.63, 3.8) is 0 Å². The Morgan fingerprint density at radius 1 is 0.969 bits per heavy atom. The lowest BCUT2D eigenvalue weighted by Crippen LogP contribution is -2.38. The van der Waals surface area contributed by atoms with E-state index in [0.29, 0.717) is 6.54 Å². The average molecular weight is 554 g/mol. The van der Waals surface area contributed by atoms with Crippen LogP contribution in [0, 0.1) is 0 Å². The van der Waals surface area contributed by atoms with Crippen molar-refractivity contribution < 1.29 is 14.2 Å². The van der Waals surface area contributed by atoms with Crippen molar-refractivity contribution >= 4 is 35.6 Å². The van der Waals surface area contributed by atoms with Crippen LogP contribution in [0.25, 0.3) is 0 Å². The molecule has 0 aromatic heterocycles. The third-order valence-electron chi connectivity index (χ3n) is 5.23. The fourth-order valence-corrected chi connectivity index (χ4v) is 3.51. The van der Waals surface area contributed by atoms with E-state index >= 15 is 0 Å². The molecule has 2 N–H and O–H groups in total. The molecule has 32 heavy (non-hydrogen) atoms. The third kappa shape index (κ3) is 7.74. The molecule has 0 atom stereocenters. The van der Waals surface area contributed by atoms with Crippen LogP contribution in [0.2, 0.25) is 0 Å². The average Bonchev–Trinajstić information content (AvgIpc) is 2.83. The minimum absolute atomic E-state index is 0. The zero-order valence-corrected chi connectivity index (χ0v) is 21.6. The first-order valence-corrected chi connectivity index (χ1v) is 10.9. The number of nitrogens with one attached hydrogen (secondary N) is 2. The van der Waals surface area contributed by atoms with Crippen LogP contribution in [0.4, 0.5) is 5.69 Å². The highest BCUT2D eigenvalue weighted by atomic mass is 127. The van der Waals surface area contributed by atoms with Crippen LogP contribution >= 0.6 is 24.0 Å². The van der Waals surface area contributed by atoms with Gasteiger partial charge in [0.2, 0.25) is 0 Å². The summed E-state index contributed by atoms with van der Waals surface area (Å²) in [5.74, 6) is 2.31. The minimum Gasteiger partial charge on any atom is -0.493 e. The molecule has 2 aromatic carbocycles. The molecule has 176 valence electrons. The monoisotopic (exact) mass is 554 g/mol. The molecule has 1 saturated heterocycles. The molecule has 2 aromatic rings. The smallest absolute Gasteiger partial charge is 0.191 e. The molecule has 0 bridgehead atoms. The van der Waals surface area contributed by atoms with Crippen molar-refractivity contribution in [2.75, 3.05) is 58.5 Å². The molecule has 0 radical (unpaired) electrons. The van der Waals surface area contributed by atoms with Gasteiger partial charge in [-0.1, -0.05) is 18.2 Å². The largest absolute Gasteiger partial charge is 0.493 e. The lowest BCUT2D eigenvalue weighted by molar-refractivity contribution is 0.122. The van der Waals surface area contributed by atoms with Gasteiger partial charge in [-0.05, 0) is 48.7 Å². The number of hydrogen-bond donors (Lipinski definition) is 2. The van der Waals surface area contributed by atoms with E-state index in [1.54, 1.807) is 14.2 Å². The topological polar surface area (TPSA) is 67.4 Å². The number of rotatable bonds is 9. The van der Waals surface area contributed by atoms with Gasteiger partial charge < -0.3 is 29.7 Å². The van der Waals surface area contributed by atoms with Crippen molar-refractivity contribution in [2.24, 2.45) is 4.99 Å². The van der Waals surface area contributed by atoms with Gasteiger partial charge in [0.05, 0.1) is 34.0 Å². The van der Waals surface area contributed by atoms with Gasteiger partial charge in [0.15, 0.2) is 17.5 Å². The van der Waals surface area contributed by atoms with E-state index in [1.165, 1.54) is 16.8 Å². The van der Waals surface area contributed by atoms with Crippen LogP contribution in [0.3, 0.4) is 0 Å². The predicted molar refractivity (Wildman–Crippen MR) is 141 cm³/mol. The molecule has 1 fully saturated rings. The first kappa shape index (κ1) is 26.1. The van der Waals surface area contributed by atoms with Crippen molar-refractivity contribution in [2.45, 2.75) is 19.9 Å². The molecule has 3 rings (SSSR count). The van der Waals surface area contributed by atoms with Gasteiger partial charge in [-0.25, -0.2) is 4.99 Å². The molecule has 1 aliphatic rings. The zero-order chi connectivity index (χ0) is 21.9. The van der Waals surface area contributed by atoms with Gasteiger partial charge in [-0.3, -0.25) is 0 Å². The van der Waals surface area contributed by atoms with Crippen LogP contribution in [0.15, 0.2) is 47.5 Å². The number of morpholine rings is 1. The molecule has 8 heteroatoms. The maximum Gasteiger partial charge on any atom is 0.191 e. The molecule has 1 heterocycles. The Balaban J connectivity index is 0.00000363. The maximum absolute atomic E-state index is 5.43. The molecule has 7 nitrogen and oxygen atoms in total. The highest BCUT2D eigenvalue weighted by Gasteiger charge is 2.10. The van der Waals surface area contributed by atoms with Crippen molar-refractivity contribution in [3.8, 4) is 11.5 Å². The molecule has 0 spiro atoms. The summed E-state index contributed by atoms with van der Waals surface area (Å²) in [4.78, 5) is 7.09. The van der Waals surface area contributed by atoms with E-state index in [2.05, 4.69) is 52.8 Å². The van der Waals surface area contributed by atoms with Crippen LogP contribution in [-0.4, -0.2) is 59.6 Å². The molecule has 0 unspecified atom stereocenters. The standard InChI is InChI=1S/C24H34N4O3.HI/c1-4-25-24(26-12-11-19-7-10-22(29-2)23(17-19)30-3)27-18-20-5-8-21(9-6-20)28-13-15-31-16-14-28;/h5-10,17H,4,11-16,18H2,1-3H3,(H2,25,26,27);1H. The summed E-state index contributed by atoms with van der Waals surface area (Å²) >= 11 is 0. The quantitative estimate of drug-likeness (QED) is 0.281. The van der Waals surface area contributed by atoms with Gasteiger partial charge in [-0.2, -0.15) is 0 Å². The second-order valence-corrected chi connectivity index (χ2v) is 7.33. The van der Waals surface area contributed by atoms with Gasteiger partial charge in [0.25, 0.3) is 0 Å². The number of methoxy groups -OCH3 is 2. The van der Waals surface area contributed by atoms with Crippen molar-refractivity contribution in [3.05, 3.63) is 53.6 Å². The Bertz CT molecular complexity index is 840. The molecular weight excluding hydrogens is 519 g/mol. The second-order valence-electron chi connectivity index (χ2n) is 7.33. The molecule has 0 saturated carbocycles. The van der Waals surface area contributed by atoms with Crippen molar-refractivity contribution in [1.29, 1.82) is 0 Å². The summed E-state index contributed by atoms with van der Waals surface area (Å²) in [6.07, 6.45) is 0.860. The van der Waals surface area contributed by atoms with E-state index in [1.807, 2.05) is 12.1 Å². The summed E-state index contributed by atoms with van der Waals surface area (Å²) < 4.78 is 16.1. The van der Waals surface area contributed by atoms with Crippen LogP contribution in [0.5, 0.6) is 11.5 Å². The summed E-state index contributed by atoms with van der Waals surface area (Å²) in [6.45, 7) is 7.80. The number of hydrogen-bond acceptors (Lipinski definition) is 5. The van der Waals surface area contributed by atoms with E-state index < -0.39 is 0 Å². The number of nitrogens with zero attached hydrogens (tertiary/aromatic N) is 2. The SMILES string of the molecule is CCNC(=NCc1ccc(N2CCOCC2)cc1)NCCc1ccc(OC)c(OC)c1.I. The summed E-state index contributed by atoms with van der Waals surface area (Å²) in [5, 5.41) is 6.73. The van der Waals surface area contributed by atoms with E-state index in [-0.39, 0.29) is 24.0 Å². The maximum atomic E-state index is 5.43. The first-order chi connectivity index (χ1) is 15.2. The normalized spacial score (nSPS) is 13.8. The fraction of sp³-hybridized carbons (Fsp3) is 0.458. The summed E-state index contributed by atoms with van der Waals surface area (Å²) in [5.41, 5.74) is 3.62. The van der Waals surface area contributed by atoms with Gasteiger partial charge in [-0.15, -0.1) is 24.0 Å². The minimum atomic E-state index is 0. The third-order valence-corrected chi connectivity index (χ3v) is 5.23. The molecule has 0 aliphatic carbocycles. The number of guanidine groups is 1. The summed E-state index contributed by atoms with van der Waals surface area (Å²) in [6, 6.07) is 14.7. The van der Waals surface area contributed by atoms with Gasteiger partial charge in [0.1, 0.15) is 0 Å². The number of aliphatic imine (C=N–C) groups is 1. The van der Waals surface area contributed by atoms with Gasteiger partial charge in [0, 0.05) is 31.9 Å². The van der Waals surface area contributed by atoms with Crippen molar-refractivity contribution in [1.82, 2.24) is 10.6 Å². The van der Waals surface area contributed by atoms with Gasteiger partial charge >= 0.3 is 0 Å². The highest BCUT2D eigenvalue weighted by molar-refractivity contribution is 14.0. The number of benzene rings is 2. The van der Waals surface area contributed by atoms with Crippen LogP contribution < -0.4 is 25.0 Å². The second kappa shape index (κ2) is 14.1. The Morgan fingerprint density at radius 3 is 2.31 bits per heavy atom. The molecule has 0 amide bonds.